The monoisotopic (exact) mass is 483 g/mol. The second-order valence-corrected chi connectivity index (χ2v) is 7.60. The summed E-state index contributed by atoms with van der Waals surface area (Å²) >= 11 is 0. The highest BCUT2D eigenvalue weighted by atomic mass is 16.7. The first kappa shape index (κ1) is 24.6. The standard InChI is InChI=1S/C18H21N5O11/c19-6(3-11(26)27)15(29)20-7(16(30)31)4-10(25)21-9-1-2-23(17(32)22-9)14-12-13(28)8(5-24)34-18(12,14)33/h1-2,6-7,12,14,24,28,33H,3-5,19H2,(H,20,29)(H,26,27)(H,30,31)(H,21,22,25,32)/t6-,7-,12?,14-,18?/m0/s1. The fourth-order valence-electron chi connectivity index (χ4n) is 3.53. The lowest BCUT2D eigenvalue weighted by molar-refractivity contribution is -0.144. The van der Waals surface area contributed by atoms with Gasteiger partial charge < -0.3 is 46.6 Å². The Bertz CT molecular complexity index is 1130. The van der Waals surface area contributed by atoms with Crippen molar-refractivity contribution in [2.24, 2.45) is 11.7 Å². The third kappa shape index (κ3) is 4.68. The van der Waals surface area contributed by atoms with Crippen molar-refractivity contribution >= 4 is 29.6 Å². The first-order valence-corrected chi connectivity index (χ1v) is 9.72. The zero-order valence-corrected chi connectivity index (χ0v) is 17.2. The van der Waals surface area contributed by atoms with Gasteiger partial charge in [0.25, 0.3) is 0 Å². The molecule has 2 heterocycles. The van der Waals surface area contributed by atoms with Crippen LogP contribution in [0.5, 0.6) is 0 Å². The number of carboxylic acid groups (broad SMARTS) is 2. The van der Waals surface area contributed by atoms with Crippen LogP contribution in [-0.4, -0.2) is 83.3 Å². The lowest BCUT2D eigenvalue weighted by Gasteiger charge is -2.17. The SMILES string of the molecule is N[C@@H](CC(=O)O)C(=O)N[C@@H](CC(=O)Nc1ccn([C@H]2C3C(O)=C(CO)OC32O)c(=O)n1)C(=O)O. The molecule has 1 aromatic rings. The van der Waals surface area contributed by atoms with Crippen LogP contribution in [0.3, 0.4) is 0 Å². The molecule has 2 aliphatic rings. The predicted molar refractivity (Wildman–Crippen MR) is 107 cm³/mol. The number of nitrogens with two attached hydrogens (primary N) is 1. The summed E-state index contributed by atoms with van der Waals surface area (Å²) in [6, 6.07) is -3.11. The number of hydrogen-bond acceptors (Lipinski definition) is 11. The molecule has 0 bridgehead atoms. The number of amides is 2. The normalized spacial score (nSPS) is 24.4. The largest absolute Gasteiger partial charge is 0.508 e. The zero-order valence-electron chi connectivity index (χ0n) is 17.2. The number of aliphatic hydroxyl groups is 3. The van der Waals surface area contributed by atoms with E-state index in [2.05, 4.69) is 10.3 Å². The number of fused-ring (bicyclic) bond motifs is 1. The minimum Gasteiger partial charge on any atom is -0.508 e. The fraction of sp³-hybridized carbons (Fsp3) is 0.444. The van der Waals surface area contributed by atoms with Crippen molar-refractivity contribution < 1.29 is 49.4 Å². The van der Waals surface area contributed by atoms with E-state index < -0.39 is 84.5 Å². The van der Waals surface area contributed by atoms with Crippen molar-refractivity contribution in [2.75, 3.05) is 11.9 Å². The highest BCUT2D eigenvalue weighted by molar-refractivity contribution is 5.95. The Hall–Kier alpha value is -4.02. The molecule has 0 radical (unpaired) electrons. The Labute approximate surface area is 189 Å². The molecule has 1 aromatic heterocycles. The van der Waals surface area contributed by atoms with Crippen LogP contribution in [0.15, 0.2) is 28.6 Å². The molecule has 184 valence electrons. The number of carbonyl (C=O) groups is 4. The predicted octanol–water partition coefficient (Wildman–Crippen LogP) is -3.41. The van der Waals surface area contributed by atoms with Crippen LogP contribution < -0.4 is 22.1 Å². The summed E-state index contributed by atoms with van der Waals surface area (Å²) < 4.78 is 6.04. The van der Waals surface area contributed by atoms with Crippen molar-refractivity contribution in [3.8, 4) is 0 Å². The molecule has 0 aromatic carbocycles. The number of aliphatic hydroxyl groups excluding tert-OH is 2. The van der Waals surface area contributed by atoms with Gasteiger partial charge in [0, 0.05) is 6.20 Å². The molecular weight excluding hydrogens is 462 g/mol. The molecule has 1 aliphatic heterocycles. The van der Waals surface area contributed by atoms with Crippen LogP contribution >= 0.6 is 0 Å². The summed E-state index contributed by atoms with van der Waals surface area (Å²) in [5, 5.41) is 51.4. The highest BCUT2D eigenvalue weighted by Gasteiger charge is 2.75. The molecular formula is C18H21N5O11. The maximum Gasteiger partial charge on any atom is 0.350 e. The Balaban J connectivity index is 1.63. The van der Waals surface area contributed by atoms with Gasteiger partial charge in [-0.3, -0.25) is 19.0 Å². The number of hydrogen-bond donors (Lipinski definition) is 8. The number of ether oxygens (including phenoxy) is 1. The van der Waals surface area contributed by atoms with Gasteiger partial charge in [0.2, 0.25) is 17.6 Å². The number of rotatable bonds is 10. The minimum atomic E-state index is -1.92. The van der Waals surface area contributed by atoms with E-state index in [4.69, 9.17) is 20.7 Å². The van der Waals surface area contributed by atoms with E-state index in [0.717, 1.165) is 10.8 Å². The van der Waals surface area contributed by atoms with E-state index in [-0.39, 0.29) is 11.6 Å². The Kier molecular flexibility index (Phi) is 6.58. The highest BCUT2D eigenvalue weighted by Crippen LogP contribution is 2.63. The van der Waals surface area contributed by atoms with Crippen LogP contribution in [0, 0.1) is 5.92 Å². The third-order valence-corrected chi connectivity index (χ3v) is 5.22. The first-order chi connectivity index (χ1) is 15.9. The fourth-order valence-corrected chi connectivity index (χ4v) is 3.53. The lowest BCUT2D eigenvalue weighted by Crippen LogP contribution is -2.50. The molecule has 1 saturated carbocycles. The Morgan fingerprint density at radius 3 is 2.44 bits per heavy atom. The Morgan fingerprint density at radius 2 is 1.94 bits per heavy atom. The van der Waals surface area contributed by atoms with Gasteiger partial charge in [-0.2, -0.15) is 4.98 Å². The van der Waals surface area contributed by atoms with Crippen molar-refractivity contribution in [1.82, 2.24) is 14.9 Å². The Morgan fingerprint density at radius 1 is 1.26 bits per heavy atom. The molecule has 1 fully saturated rings. The van der Waals surface area contributed by atoms with Gasteiger partial charge in [-0.25, -0.2) is 9.59 Å². The van der Waals surface area contributed by atoms with Crippen molar-refractivity contribution in [3.63, 3.8) is 0 Å². The zero-order chi connectivity index (χ0) is 25.4. The van der Waals surface area contributed by atoms with Gasteiger partial charge >= 0.3 is 17.6 Å². The number of aliphatic carboxylic acids is 2. The minimum absolute atomic E-state index is 0.211. The summed E-state index contributed by atoms with van der Waals surface area (Å²) in [4.78, 5) is 62.0. The average molecular weight is 483 g/mol. The first-order valence-electron chi connectivity index (χ1n) is 9.72. The molecule has 16 heteroatoms. The number of carboxylic acids is 2. The van der Waals surface area contributed by atoms with Gasteiger partial charge in [0.05, 0.1) is 18.9 Å². The molecule has 9 N–H and O–H groups in total. The van der Waals surface area contributed by atoms with Crippen LogP contribution in [0.1, 0.15) is 18.9 Å². The second-order valence-electron chi connectivity index (χ2n) is 7.60. The second kappa shape index (κ2) is 9.08. The van der Waals surface area contributed by atoms with Crippen LogP contribution in [0.25, 0.3) is 0 Å². The van der Waals surface area contributed by atoms with Crippen molar-refractivity contribution in [3.05, 3.63) is 34.3 Å². The molecule has 3 rings (SSSR count). The van der Waals surface area contributed by atoms with Gasteiger partial charge in [0.15, 0.2) is 5.76 Å². The average Bonchev–Trinajstić information content (AvgIpc) is 3.24. The summed E-state index contributed by atoms with van der Waals surface area (Å²) in [5.41, 5.74) is 4.42. The van der Waals surface area contributed by atoms with E-state index in [1.807, 2.05) is 5.32 Å². The van der Waals surface area contributed by atoms with Gasteiger partial charge in [-0.1, -0.05) is 0 Å². The molecule has 0 spiro atoms. The van der Waals surface area contributed by atoms with Crippen molar-refractivity contribution in [2.45, 2.75) is 36.8 Å². The topological polar surface area (TPSA) is 264 Å². The smallest absolute Gasteiger partial charge is 0.350 e. The molecule has 2 amide bonds. The molecule has 34 heavy (non-hydrogen) atoms. The van der Waals surface area contributed by atoms with E-state index in [0.29, 0.717) is 0 Å². The molecule has 5 atom stereocenters. The maximum absolute atomic E-state index is 12.3. The summed E-state index contributed by atoms with van der Waals surface area (Å²) in [7, 11) is 0. The number of carbonyl (C=O) groups excluding carboxylic acids is 2. The van der Waals surface area contributed by atoms with Crippen LogP contribution in [-0.2, 0) is 23.9 Å². The molecule has 0 saturated heterocycles. The number of aromatic nitrogens is 2. The summed E-state index contributed by atoms with van der Waals surface area (Å²) in [6.07, 6.45) is -0.378. The van der Waals surface area contributed by atoms with E-state index in [1.165, 1.54) is 6.07 Å². The number of nitrogens with zero attached hydrogens (tertiary/aromatic N) is 2. The summed E-state index contributed by atoms with van der Waals surface area (Å²) in [5.74, 6) is -8.77. The van der Waals surface area contributed by atoms with Crippen LogP contribution in [0.2, 0.25) is 0 Å². The lowest BCUT2D eigenvalue weighted by atomic mass is 10.1. The molecule has 1 aliphatic carbocycles. The van der Waals surface area contributed by atoms with Crippen molar-refractivity contribution in [1.29, 1.82) is 0 Å². The molecule has 16 nitrogen and oxygen atoms in total. The third-order valence-electron chi connectivity index (χ3n) is 5.22. The van der Waals surface area contributed by atoms with E-state index in [1.54, 1.807) is 0 Å². The molecule has 2 unspecified atom stereocenters. The summed E-state index contributed by atoms with van der Waals surface area (Å²) in [6.45, 7) is -0.640. The maximum atomic E-state index is 12.3. The van der Waals surface area contributed by atoms with Gasteiger partial charge in [-0.05, 0) is 6.07 Å². The van der Waals surface area contributed by atoms with Crippen LogP contribution in [0.4, 0.5) is 5.82 Å². The quantitative estimate of drug-likeness (QED) is 0.161. The van der Waals surface area contributed by atoms with Gasteiger partial charge in [0.1, 0.15) is 36.2 Å². The van der Waals surface area contributed by atoms with E-state index >= 15 is 0 Å². The number of nitrogens with one attached hydrogen (secondary N) is 2. The number of anilines is 1. The van der Waals surface area contributed by atoms with Gasteiger partial charge in [-0.15, -0.1) is 0 Å². The van der Waals surface area contributed by atoms with E-state index in [9.17, 15) is 39.3 Å².